The fraction of sp³-hybridized carbons (Fsp3) is 0.333. The van der Waals surface area contributed by atoms with E-state index < -0.39 is 29.8 Å². The second kappa shape index (κ2) is 7.78. The van der Waals surface area contributed by atoms with Gasteiger partial charge in [-0.3, -0.25) is 9.59 Å². The average Bonchev–Trinajstić information content (AvgIpc) is 2.43. The number of aliphatic carboxylic acids is 1. The summed E-state index contributed by atoms with van der Waals surface area (Å²) in [5.41, 5.74) is 0.161. The van der Waals surface area contributed by atoms with Crippen LogP contribution in [0.3, 0.4) is 0 Å². The van der Waals surface area contributed by atoms with Gasteiger partial charge in [-0.25, -0.2) is 4.79 Å². The molecular weight excluding hydrogens is 288 g/mol. The molecule has 0 aromatic heterocycles. The Morgan fingerprint density at radius 1 is 1.41 bits per heavy atom. The fourth-order valence-corrected chi connectivity index (χ4v) is 1.80. The molecule has 0 radical (unpaired) electrons. The van der Waals surface area contributed by atoms with Crippen LogP contribution in [0.4, 0.5) is 0 Å². The number of ether oxygens (including phenoxy) is 1. The third-order valence-electron chi connectivity index (χ3n) is 2.89. The average molecular weight is 304 g/mol. The first-order valence-corrected chi connectivity index (χ1v) is 6.54. The molecule has 2 N–H and O–H groups in total. The molecule has 0 fully saturated rings. The van der Waals surface area contributed by atoms with Crippen LogP contribution < -0.4 is 10.1 Å². The number of esters is 1. The normalized spacial score (nSPS) is 12.6. The summed E-state index contributed by atoms with van der Waals surface area (Å²) in [4.78, 5) is 34.2. The summed E-state index contributed by atoms with van der Waals surface area (Å²) in [6.07, 6.45) is 0.00470. The monoisotopic (exact) mass is 304 g/mol. The first kappa shape index (κ1) is 17.2. The Bertz CT molecular complexity index is 621. The van der Waals surface area contributed by atoms with Crippen molar-refractivity contribution in [3.8, 4) is 11.8 Å². The minimum Gasteiger partial charge on any atom is -0.480 e. The van der Waals surface area contributed by atoms with Crippen molar-refractivity contribution in [2.45, 2.75) is 26.3 Å². The number of carbonyl (C=O) groups excluding carboxylic acids is 2. The van der Waals surface area contributed by atoms with E-state index in [1.54, 1.807) is 6.92 Å². The Morgan fingerprint density at radius 2 is 2.09 bits per heavy atom. The molecule has 0 aliphatic carbocycles. The lowest BCUT2D eigenvalue weighted by Crippen LogP contribution is -2.45. The predicted octanol–water partition coefficient (Wildman–Crippen LogP) is 1.34. The highest BCUT2D eigenvalue weighted by molar-refractivity contribution is 5.97. The minimum absolute atomic E-state index is 0.00470. The molecule has 7 heteroatoms. The molecule has 0 saturated carbocycles. The van der Waals surface area contributed by atoms with Crippen LogP contribution in [0.5, 0.6) is 5.75 Å². The Balaban J connectivity index is 2.88. The molecular formula is C15H16N2O5. The van der Waals surface area contributed by atoms with E-state index in [0.29, 0.717) is 0 Å². The predicted molar refractivity (Wildman–Crippen MR) is 76.0 cm³/mol. The highest BCUT2D eigenvalue weighted by Crippen LogP contribution is 2.15. The van der Waals surface area contributed by atoms with Gasteiger partial charge >= 0.3 is 11.9 Å². The van der Waals surface area contributed by atoms with E-state index in [4.69, 9.17) is 15.1 Å². The molecule has 0 unspecified atom stereocenters. The van der Waals surface area contributed by atoms with Crippen molar-refractivity contribution in [3.63, 3.8) is 0 Å². The van der Waals surface area contributed by atoms with Crippen molar-refractivity contribution in [2.75, 3.05) is 0 Å². The molecule has 7 nitrogen and oxygen atoms in total. The highest BCUT2D eigenvalue weighted by Gasteiger charge is 2.26. The van der Waals surface area contributed by atoms with Gasteiger partial charge in [0.2, 0.25) is 0 Å². The molecule has 1 aromatic carbocycles. The van der Waals surface area contributed by atoms with Crippen molar-refractivity contribution >= 4 is 17.8 Å². The number of carbonyl (C=O) groups is 3. The van der Waals surface area contributed by atoms with Crippen molar-refractivity contribution < 1.29 is 24.2 Å². The fourth-order valence-electron chi connectivity index (χ4n) is 1.80. The summed E-state index contributed by atoms with van der Waals surface area (Å²) in [7, 11) is 0. The molecule has 1 aromatic rings. The lowest BCUT2D eigenvalue weighted by atomic mass is 9.98. The first-order chi connectivity index (χ1) is 10.3. The van der Waals surface area contributed by atoms with Crippen molar-refractivity contribution in [1.29, 1.82) is 5.26 Å². The van der Waals surface area contributed by atoms with Crippen LogP contribution in [0.2, 0.25) is 0 Å². The van der Waals surface area contributed by atoms with E-state index in [1.165, 1.54) is 31.2 Å². The SMILES string of the molecule is CC(=O)Oc1cccc(C(=O)N[C@@H](C(=O)O)[C@@H](C)CC#N)c1. The maximum atomic E-state index is 12.1. The van der Waals surface area contributed by atoms with Gasteiger partial charge in [-0.1, -0.05) is 13.0 Å². The number of benzene rings is 1. The summed E-state index contributed by atoms with van der Waals surface area (Å²) < 4.78 is 4.87. The van der Waals surface area contributed by atoms with Crippen LogP contribution in [0.15, 0.2) is 24.3 Å². The number of nitrogens with one attached hydrogen (secondary N) is 1. The van der Waals surface area contributed by atoms with Gasteiger partial charge in [-0.2, -0.15) is 5.26 Å². The van der Waals surface area contributed by atoms with E-state index in [2.05, 4.69) is 5.32 Å². The van der Waals surface area contributed by atoms with Crippen LogP contribution in [-0.2, 0) is 9.59 Å². The zero-order chi connectivity index (χ0) is 16.7. The Morgan fingerprint density at radius 3 is 2.64 bits per heavy atom. The summed E-state index contributed by atoms with van der Waals surface area (Å²) in [5, 5.41) is 20.1. The molecule has 1 rings (SSSR count). The van der Waals surface area contributed by atoms with Gasteiger partial charge in [0.15, 0.2) is 0 Å². The smallest absolute Gasteiger partial charge is 0.326 e. The van der Waals surface area contributed by atoms with Gasteiger partial charge in [0.25, 0.3) is 5.91 Å². The Labute approximate surface area is 127 Å². The number of hydrogen-bond acceptors (Lipinski definition) is 5. The van der Waals surface area contributed by atoms with Crippen LogP contribution in [0.25, 0.3) is 0 Å². The molecule has 0 bridgehead atoms. The lowest BCUT2D eigenvalue weighted by molar-refractivity contribution is -0.140. The molecule has 0 spiro atoms. The Hall–Kier alpha value is -2.88. The number of carboxylic acids is 1. The topological polar surface area (TPSA) is 116 Å². The summed E-state index contributed by atoms with van der Waals surface area (Å²) in [6.45, 7) is 2.80. The number of carboxylic acid groups (broad SMARTS) is 1. The van der Waals surface area contributed by atoms with Gasteiger partial charge in [0.05, 0.1) is 6.07 Å². The van der Waals surface area contributed by atoms with Crippen LogP contribution in [0, 0.1) is 17.2 Å². The standard InChI is InChI=1S/C15H16N2O5/c1-9(6-7-16)13(15(20)21)17-14(19)11-4-3-5-12(8-11)22-10(2)18/h3-5,8-9,13H,6H2,1-2H3,(H,17,19)(H,20,21)/t9-,13+/m0/s1. The number of hydrogen-bond donors (Lipinski definition) is 2. The quantitative estimate of drug-likeness (QED) is 0.605. The maximum absolute atomic E-state index is 12.1. The summed E-state index contributed by atoms with van der Waals surface area (Å²) >= 11 is 0. The summed E-state index contributed by atoms with van der Waals surface area (Å²) in [5.74, 6) is -2.71. The van der Waals surface area contributed by atoms with Gasteiger partial charge < -0.3 is 15.2 Å². The van der Waals surface area contributed by atoms with Gasteiger partial charge in [-0.15, -0.1) is 0 Å². The van der Waals surface area contributed by atoms with E-state index in [1.807, 2.05) is 6.07 Å². The second-order valence-corrected chi connectivity index (χ2v) is 4.75. The third kappa shape index (κ3) is 4.90. The molecule has 1 amide bonds. The van der Waals surface area contributed by atoms with Crippen LogP contribution in [-0.4, -0.2) is 29.0 Å². The molecule has 116 valence electrons. The van der Waals surface area contributed by atoms with Gasteiger partial charge in [0, 0.05) is 24.8 Å². The largest absolute Gasteiger partial charge is 0.480 e. The number of nitriles is 1. The van der Waals surface area contributed by atoms with Crippen molar-refractivity contribution in [2.24, 2.45) is 5.92 Å². The zero-order valence-electron chi connectivity index (χ0n) is 12.2. The summed E-state index contributed by atoms with van der Waals surface area (Å²) in [6, 6.07) is 6.53. The molecule has 0 aliphatic heterocycles. The molecule has 2 atom stereocenters. The van der Waals surface area contributed by atoms with Gasteiger partial charge in [-0.05, 0) is 18.2 Å². The van der Waals surface area contributed by atoms with E-state index >= 15 is 0 Å². The molecule has 0 heterocycles. The number of rotatable bonds is 6. The maximum Gasteiger partial charge on any atom is 0.326 e. The van der Waals surface area contributed by atoms with Crippen molar-refractivity contribution in [1.82, 2.24) is 5.32 Å². The van der Waals surface area contributed by atoms with Crippen LogP contribution >= 0.6 is 0 Å². The molecule has 0 aliphatic rings. The van der Waals surface area contributed by atoms with E-state index in [9.17, 15) is 14.4 Å². The zero-order valence-corrected chi connectivity index (χ0v) is 12.2. The third-order valence-corrected chi connectivity index (χ3v) is 2.89. The first-order valence-electron chi connectivity index (χ1n) is 6.54. The second-order valence-electron chi connectivity index (χ2n) is 4.75. The molecule has 22 heavy (non-hydrogen) atoms. The highest BCUT2D eigenvalue weighted by atomic mass is 16.5. The molecule has 0 saturated heterocycles. The Kier molecular flexibility index (Phi) is 6.08. The van der Waals surface area contributed by atoms with E-state index in [-0.39, 0.29) is 17.7 Å². The van der Waals surface area contributed by atoms with Crippen molar-refractivity contribution in [3.05, 3.63) is 29.8 Å². The van der Waals surface area contributed by atoms with Gasteiger partial charge in [0.1, 0.15) is 11.8 Å². The number of amides is 1. The van der Waals surface area contributed by atoms with Crippen LogP contribution in [0.1, 0.15) is 30.6 Å². The number of nitrogens with zero attached hydrogens (tertiary/aromatic N) is 1. The lowest BCUT2D eigenvalue weighted by Gasteiger charge is -2.19. The van der Waals surface area contributed by atoms with E-state index in [0.717, 1.165) is 0 Å². The minimum atomic E-state index is -1.22.